The van der Waals surface area contributed by atoms with Crippen LogP contribution in [0, 0.1) is 47.3 Å². The molecular formula is C50H92O4. The van der Waals surface area contributed by atoms with E-state index in [1.165, 1.54) is 116 Å². The quantitative estimate of drug-likeness (QED) is 0.0505. The van der Waals surface area contributed by atoms with Crippen molar-refractivity contribution in [3.63, 3.8) is 0 Å². The molecule has 4 nitrogen and oxygen atoms in total. The minimum absolute atomic E-state index is 0.222. The molecule has 0 saturated heterocycles. The van der Waals surface area contributed by atoms with E-state index in [4.69, 9.17) is 14.2 Å². The molecule has 0 N–H and O–H groups in total. The van der Waals surface area contributed by atoms with Gasteiger partial charge in [0.2, 0.25) is 0 Å². The van der Waals surface area contributed by atoms with Crippen molar-refractivity contribution >= 4 is 5.97 Å². The smallest absolute Gasteiger partial charge is 0.338 e. The van der Waals surface area contributed by atoms with Crippen molar-refractivity contribution in [2.45, 2.75) is 204 Å². The molecule has 0 bridgehead atoms. The SMILES string of the molecule is CC(C)CCCC(C)CCCC(C)CCCC(C)CCOCC(COC(=O)c1ccccc1)OCCC(C)CCCC(C)CCCC(C)CCCC(C)C. The first-order chi connectivity index (χ1) is 25.8. The number of hydrogen-bond acceptors (Lipinski definition) is 4. The number of rotatable bonds is 36. The van der Waals surface area contributed by atoms with Gasteiger partial charge in [-0.3, -0.25) is 0 Å². The second kappa shape index (κ2) is 32.7. The Kier molecular flexibility index (Phi) is 30.6. The minimum atomic E-state index is -0.300. The van der Waals surface area contributed by atoms with Crippen LogP contribution < -0.4 is 0 Å². The van der Waals surface area contributed by atoms with E-state index in [-0.39, 0.29) is 18.7 Å². The summed E-state index contributed by atoms with van der Waals surface area (Å²) in [6.07, 6.45) is 26.2. The summed E-state index contributed by atoms with van der Waals surface area (Å²) in [5.41, 5.74) is 0.575. The molecule has 0 aliphatic carbocycles. The Morgan fingerprint density at radius 2 is 0.796 bits per heavy atom. The van der Waals surface area contributed by atoms with E-state index < -0.39 is 0 Å². The zero-order chi connectivity index (χ0) is 40.0. The number of hydrogen-bond donors (Lipinski definition) is 0. The zero-order valence-electron chi connectivity index (χ0n) is 37.7. The first kappa shape index (κ1) is 50.6. The van der Waals surface area contributed by atoms with Crippen LogP contribution in [0.1, 0.15) is 208 Å². The molecule has 4 heteroatoms. The minimum Gasteiger partial charge on any atom is -0.459 e. The second-order valence-electron chi connectivity index (χ2n) is 19.1. The molecule has 0 radical (unpaired) electrons. The maximum atomic E-state index is 12.7. The first-order valence-electron chi connectivity index (χ1n) is 23.3. The Morgan fingerprint density at radius 3 is 1.19 bits per heavy atom. The Morgan fingerprint density at radius 1 is 0.444 bits per heavy atom. The van der Waals surface area contributed by atoms with Crippen LogP contribution >= 0.6 is 0 Å². The molecular weight excluding hydrogens is 665 g/mol. The predicted octanol–water partition coefficient (Wildman–Crippen LogP) is 15.2. The summed E-state index contributed by atoms with van der Waals surface area (Å²) >= 11 is 0. The lowest BCUT2D eigenvalue weighted by Crippen LogP contribution is -2.28. The molecule has 54 heavy (non-hydrogen) atoms. The highest BCUT2D eigenvalue weighted by molar-refractivity contribution is 5.89. The fourth-order valence-corrected chi connectivity index (χ4v) is 7.78. The zero-order valence-corrected chi connectivity index (χ0v) is 37.7. The molecule has 0 saturated carbocycles. The summed E-state index contributed by atoms with van der Waals surface area (Å²) in [6.45, 7) is 25.9. The summed E-state index contributed by atoms with van der Waals surface area (Å²) < 4.78 is 18.2. The molecule has 0 spiro atoms. The van der Waals surface area contributed by atoms with Gasteiger partial charge >= 0.3 is 5.97 Å². The molecule has 0 aliphatic heterocycles. The molecule has 1 rings (SSSR count). The lowest BCUT2D eigenvalue weighted by atomic mass is 9.91. The molecule has 1 aromatic rings. The van der Waals surface area contributed by atoms with E-state index in [2.05, 4.69) is 69.2 Å². The van der Waals surface area contributed by atoms with E-state index in [0.717, 1.165) is 55.0 Å². The van der Waals surface area contributed by atoms with E-state index in [1.807, 2.05) is 18.2 Å². The summed E-state index contributed by atoms with van der Waals surface area (Å²) in [4.78, 5) is 12.7. The van der Waals surface area contributed by atoms with Crippen molar-refractivity contribution < 1.29 is 19.0 Å². The monoisotopic (exact) mass is 757 g/mol. The molecule has 316 valence electrons. The summed E-state index contributed by atoms with van der Waals surface area (Å²) in [6, 6.07) is 9.24. The molecule has 7 unspecified atom stereocenters. The Hall–Kier alpha value is -1.39. The van der Waals surface area contributed by atoms with Gasteiger partial charge in [-0.2, -0.15) is 0 Å². The van der Waals surface area contributed by atoms with Crippen LogP contribution in [0.5, 0.6) is 0 Å². The Bertz CT molecular complexity index is 976. The molecule has 7 atom stereocenters. The van der Waals surface area contributed by atoms with Crippen LogP contribution in [0.3, 0.4) is 0 Å². The van der Waals surface area contributed by atoms with Crippen molar-refractivity contribution in [2.24, 2.45) is 47.3 Å². The maximum absolute atomic E-state index is 12.7. The third-order valence-electron chi connectivity index (χ3n) is 12.0. The van der Waals surface area contributed by atoms with Gasteiger partial charge in [-0.15, -0.1) is 0 Å². The first-order valence-corrected chi connectivity index (χ1v) is 23.3. The van der Waals surface area contributed by atoms with Crippen molar-refractivity contribution in [2.75, 3.05) is 26.4 Å². The lowest BCUT2D eigenvalue weighted by molar-refractivity contribution is -0.0539. The molecule has 1 aromatic carbocycles. The number of esters is 1. The number of carbonyl (C=O) groups is 1. The molecule has 0 aromatic heterocycles. The van der Waals surface area contributed by atoms with Crippen LogP contribution in [0.25, 0.3) is 0 Å². The second-order valence-corrected chi connectivity index (χ2v) is 19.1. The van der Waals surface area contributed by atoms with Crippen LogP contribution in [0.4, 0.5) is 0 Å². The highest BCUT2D eigenvalue weighted by Crippen LogP contribution is 2.24. The summed E-state index contributed by atoms with van der Waals surface area (Å²) in [7, 11) is 0. The fourth-order valence-electron chi connectivity index (χ4n) is 7.78. The van der Waals surface area contributed by atoms with E-state index in [0.29, 0.717) is 30.6 Å². The predicted molar refractivity (Wildman–Crippen MR) is 234 cm³/mol. The number of carbonyl (C=O) groups excluding carboxylic acids is 1. The Balaban J connectivity index is 2.32. The number of ether oxygens (including phenoxy) is 3. The molecule has 0 amide bonds. The third kappa shape index (κ3) is 29.8. The lowest BCUT2D eigenvalue weighted by Gasteiger charge is -2.21. The van der Waals surface area contributed by atoms with Gasteiger partial charge in [0.25, 0.3) is 0 Å². The fraction of sp³-hybridized carbons (Fsp3) is 0.860. The molecule has 0 aliphatic rings. The van der Waals surface area contributed by atoms with Crippen molar-refractivity contribution in [1.29, 1.82) is 0 Å². The van der Waals surface area contributed by atoms with E-state index in [1.54, 1.807) is 12.1 Å². The van der Waals surface area contributed by atoms with Crippen LogP contribution in [0.2, 0.25) is 0 Å². The molecule has 0 fully saturated rings. The average molecular weight is 757 g/mol. The van der Waals surface area contributed by atoms with Gasteiger partial charge in [-0.1, -0.05) is 203 Å². The van der Waals surface area contributed by atoms with Gasteiger partial charge < -0.3 is 14.2 Å². The van der Waals surface area contributed by atoms with Crippen LogP contribution in [-0.2, 0) is 14.2 Å². The van der Waals surface area contributed by atoms with Crippen LogP contribution in [-0.4, -0.2) is 38.5 Å². The molecule has 0 heterocycles. The largest absolute Gasteiger partial charge is 0.459 e. The maximum Gasteiger partial charge on any atom is 0.338 e. The normalized spacial score (nSPS) is 15.9. The topological polar surface area (TPSA) is 44.8 Å². The van der Waals surface area contributed by atoms with Gasteiger partial charge in [-0.05, 0) is 72.3 Å². The third-order valence-corrected chi connectivity index (χ3v) is 12.0. The van der Waals surface area contributed by atoms with Crippen molar-refractivity contribution in [3.8, 4) is 0 Å². The van der Waals surface area contributed by atoms with Crippen molar-refractivity contribution in [1.82, 2.24) is 0 Å². The average Bonchev–Trinajstić information content (AvgIpc) is 3.12. The Labute approximate surface area is 337 Å². The van der Waals surface area contributed by atoms with Gasteiger partial charge in [0, 0.05) is 13.2 Å². The summed E-state index contributed by atoms with van der Waals surface area (Å²) in [5.74, 6) is 6.04. The van der Waals surface area contributed by atoms with Crippen LogP contribution in [0.15, 0.2) is 30.3 Å². The standard InChI is InChI=1S/C50H92O4/c1-40(2)20-14-22-42(5)24-16-26-44(7)28-18-30-46(9)34-36-52-38-49(39-54-50(51)48-32-12-11-13-33-48)53-37-35-47(10)31-19-29-45(8)27-17-25-43(6)23-15-21-41(3)4/h11-13,32-33,40-47,49H,14-31,34-39H2,1-10H3. The highest BCUT2D eigenvalue weighted by Gasteiger charge is 2.16. The van der Waals surface area contributed by atoms with Gasteiger partial charge in [0.05, 0.1) is 12.2 Å². The van der Waals surface area contributed by atoms with E-state index in [9.17, 15) is 4.79 Å². The highest BCUT2D eigenvalue weighted by atomic mass is 16.6. The summed E-state index contributed by atoms with van der Waals surface area (Å²) in [5, 5.41) is 0. The van der Waals surface area contributed by atoms with Gasteiger partial charge in [-0.25, -0.2) is 4.79 Å². The van der Waals surface area contributed by atoms with Gasteiger partial charge in [0.1, 0.15) is 12.7 Å². The van der Waals surface area contributed by atoms with Gasteiger partial charge in [0.15, 0.2) is 0 Å². The number of benzene rings is 1. The van der Waals surface area contributed by atoms with Crippen molar-refractivity contribution in [3.05, 3.63) is 35.9 Å². The van der Waals surface area contributed by atoms with E-state index >= 15 is 0 Å².